The van der Waals surface area contributed by atoms with Gasteiger partial charge in [-0.3, -0.25) is 0 Å². The molecular weight excluding hydrogens is 322 g/mol. The topological polar surface area (TPSA) is 51.8 Å². The van der Waals surface area contributed by atoms with E-state index >= 15 is 0 Å². The zero-order valence-corrected chi connectivity index (χ0v) is 12.4. The van der Waals surface area contributed by atoms with Gasteiger partial charge in [-0.25, -0.2) is 9.97 Å². The summed E-state index contributed by atoms with van der Waals surface area (Å²) in [7, 11) is 0. The van der Waals surface area contributed by atoms with Crippen molar-refractivity contribution in [1.82, 2.24) is 9.97 Å². The molecule has 90 valence electrons. The van der Waals surface area contributed by atoms with Crippen molar-refractivity contribution >= 4 is 44.7 Å². The normalized spacial score (nSPS) is 10.8. The second kappa shape index (κ2) is 5.33. The first-order chi connectivity index (χ1) is 8.11. The molecule has 0 aromatic carbocycles. The minimum absolute atomic E-state index is 0.475. The summed E-state index contributed by atoms with van der Waals surface area (Å²) in [5.74, 6) is 1.12. The third-order valence-electron chi connectivity index (χ3n) is 2.23. The quantitative estimate of drug-likeness (QED) is 0.918. The molecule has 2 rings (SSSR count). The number of anilines is 1. The summed E-state index contributed by atoms with van der Waals surface area (Å²) in [4.78, 5) is 9.73. The first kappa shape index (κ1) is 12.8. The monoisotopic (exact) mass is 331 g/mol. The Labute approximate surface area is 117 Å². The molecule has 3 nitrogen and oxygen atoms in total. The van der Waals surface area contributed by atoms with E-state index in [2.05, 4.69) is 32.8 Å². The Morgan fingerprint density at radius 2 is 2.18 bits per heavy atom. The van der Waals surface area contributed by atoms with E-state index in [0.29, 0.717) is 11.6 Å². The number of hydrogen-bond acceptors (Lipinski definition) is 4. The van der Waals surface area contributed by atoms with E-state index in [0.717, 1.165) is 32.2 Å². The number of nitrogens with two attached hydrogens (primary N) is 1. The van der Waals surface area contributed by atoms with Gasteiger partial charge >= 0.3 is 0 Å². The van der Waals surface area contributed by atoms with Crippen LogP contribution in [0.3, 0.4) is 0 Å². The van der Waals surface area contributed by atoms with Crippen LogP contribution in [-0.2, 0) is 6.42 Å². The Morgan fingerprint density at radius 3 is 2.76 bits per heavy atom. The van der Waals surface area contributed by atoms with Crippen LogP contribution in [0.2, 0.25) is 4.34 Å². The van der Waals surface area contributed by atoms with Crippen molar-refractivity contribution in [3.05, 3.63) is 26.6 Å². The van der Waals surface area contributed by atoms with E-state index in [1.54, 1.807) is 0 Å². The zero-order valence-electron chi connectivity index (χ0n) is 9.20. The molecule has 0 saturated heterocycles. The smallest absolute Gasteiger partial charge is 0.171 e. The fourth-order valence-electron chi connectivity index (χ4n) is 1.46. The second-order valence-corrected chi connectivity index (χ2v) is 6.05. The number of thiophene rings is 1. The molecule has 0 unspecified atom stereocenters. The Bertz CT molecular complexity index is 542. The van der Waals surface area contributed by atoms with E-state index < -0.39 is 0 Å². The van der Waals surface area contributed by atoms with Crippen LogP contribution in [0.5, 0.6) is 0 Å². The summed E-state index contributed by atoms with van der Waals surface area (Å²) in [5, 5.41) is 0. The number of aryl methyl sites for hydroxylation is 1. The lowest BCUT2D eigenvalue weighted by atomic mass is 10.2. The predicted molar refractivity (Wildman–Crippen MR) is 76.5 cm³/mol. The van der Waals surface area contributed by atoms with Gasteiger partial charge in [-0.05, 0) is 34.5 Å². The highest BCUT2D eigenvalue weighted by Gasteiger charge is 2.12. The molecule has 0 aliphatic heterocycles. The molecule has 0 fully saturated rings. The van der Waals surface area contributed by atoms with Gasteiger partial charge in [-0.1, -0.05) is 24.9 Å². The van der Waals surface area contributed by atoms with Gasteiger partial charge in [0.1, 0.15) is 5.82 Å². The SMILES string of the molecule is CCCc1nc(-c2ccc(Cl)s2)nc(N)c1Br. The van der Waals surface area contributed by atoms with Gasteiger partial charge in [0.05, 0.1) is 19.4 Å². The predicted octanol–water partition coefficient (Wildman–Crippen LogP) is 4.16. The Morgan fingerprint density at radius 1 is 1.41 bits per heavy atom. The van der Waals surface area contributed by atoms with Gasteiger partial charge in [0.25, 0.3) is 0 Å². The van der Waals surface area contributed by atoms with Gasteiger partial charge in [-0.2, -0.15) is 0 Å². The lowest BCUT2D eigenvalue weighted by Gasteiger charge is -2.06. The number of halogens is 2. The molecule has 2 aromatic rings. The van der Waals surface area contributed by atoms with Crippen LogP contribution in [0, 0.1) is 0 Å². The average molecular weight is 333 g/mol. The maximum atomic E-state index is 5.90. The summed E-state index contributed by atoms with van der Waals surface area (Å²) < 4.78 is 1.52. The Balaban J connectivity index is 2.48. The van der Waals surface area contributed by atoms with Crippen molar-refractivity contribution in [3.8, 4) is 10.7 Å². The molecule has 2 aromatic heterocycles. The van der Waals surface area contributed by atoms with Gasteiger partial charge < -0.3 is 5.73 Å². The summed E-state index contributed by atoms with van der Waals surface area (Å²) in [6.45, 7) is 2.10. The van der Waals surface area contributed by atoms with E-state index in [9.17, 15) is 0 Å². The lowest BCUT2D eigenvalue weighted by Crippen LogP contribution is -2.02. The van der Waals surface area contributed by atoms with Crippen molar-refractivity contribution in [2.24, 2.45) is 0 Å². The zero-order chi connectivity index (χ0) is 12.4. The van der Waals surface area contributed by atoms with Gasteiger partial charge in [0.15, 0.2) is 5.82 Å². The molecule has 6 heteroatoms. The molecule has 0 amide bonds. The van der Waals surface area contributed by atoms with Crippen LogP contribution in [0.4, 0.5) is 5.82 Å². The number of rotatable bonds is 3. The van der Waals surface area contributed by atoms with Gasteiger partial charge in [0.2, 0.25) is 0 Å². The van der Waals surface area contributed by atoms with Crippen LogP contribution in [-0.4, -0.2) is 9.97 Å². The molecule has 0 aliphatic rings. The molecule has 2 N–H and O–H groups in total. The molecule has 17 heavy (non-hydrogen) atoms. The van der Waals surface area contributed by atoms with E-state index in [4.69, 9.17) is 17.3 Å². The highest BCUT2D eigenvalue weighted by atomic mass is 79.9. The molecule has 0 aliphatic carbocycles. The summed E-state index contributed by atoms with van der Waals surface area (Å²) in [6, 6.07) is 3.74. The standard InChI is InChI=1S/C11H11BrClN3S/c1-2-3-6-9(12)10(14)16-11(15-6)7-4-5-8(13)17-7/h4-5H,2-3H2,1H3,(H2,14,15,16). The van der Waals surface area contributed by atoms with Crippen LogP contribution >= 0.6 is 38.9 Å². The van der Waals surface area contributed by atoms with E-state index in [1.165, 1.54) is 11.3 Å². The third kappa shape index (κ3) is 2.78. The molecular formula is C11H11BrClN3S. The number of nitrogens with zero attached hydrogens (tertiary/aromatic N) is 2. The van der Waals surface area contributed by atoms with E-state index in [1.807, 2.05) is 12.1 Å². The van der Waals surface area contributed by atoms with Crippen molar-refractivity contribution in [2.75, 3.05) is 5.73 Å². The highest BCUT2D eigenvalue weighted by Crippen LogP contribution is 2.31. The first-order valence-corrected chi connectivity index (χ1v) is 7.18. The van der Waals surface area contributed by atoms with E-state index in [-0.39, 0.29) is 0 Å². The second-order valence-electron chi connectivity index (χ2n) is 3.55. The number of aromatic nitrogens is 2. The van der Waals surface area contributed by atoms with Crippen LogP contribution in [0.15, 0.2) is 16.6 Å². The highest BCUT2D eigenvalue weighted by molar-refractivity contribution is 9.10. The van der Waals surface area contributed by atoms with Crippen molar-refractivity contribution < 1.29 is 0 Å². The van der Waals surface area contributed by atoms with Crippen LogP contribution in [0.25, 0.3) is 10.7 Å². The molecule has 0 radical (unpaired) electrons. The summed E-state index contributed by atoms with van der Waals surface area (Å²) >= 11 is 10.8. The average Bonchev–Trinajstić information content (AvgIpc) is 2.71. The fourth-order valence-corrected chi connectivity index (χ4v) is 2.81. The minimum atomic E-state index is 0.475. The summed E-state index contributed by atoms with van der Waals surface area (Å²) in [5.41, 5.74) is 6.81. The Kier molecular flexibility index (Phi) is 4.01. The van der Waals surface area contributed by atoms with Crippen molar-refractivity contribution in [1.29, 1.82) is 0 Å². The molecule has 0 bridgehead atoms. The molecule has 2 heterocycles. The van der Waals surface area contributed by atoms with Crippen molar-refractivity contribution in [2.45, 2.75) is 19.8 Å². The largest absolute Gasteiger partial charge is 0.383 e. The van der Waals surface area contributed by atoms with Crippen LogP contribution < -0.4 is 5.73 Å². The van der Waals surface area contributed by atoms with Crippen LogP contribution in [0.1, 0.15) is 19.0 Å². The molecule has 0 spiro atoms. The first-order valence-electron chi connectivity index (χ1n) is 5.19. The third-order valence-corrected chi connectivity index (χ3v) is 4.32. The fraction of sp³-hybridized carbons (Fsp3) is 0.273. The van der Waals surface area contributed by atoms with Crippen molar-refractivity contribution in [3.63, 3.8) is 0 Å². The maximum absolute atomic E-state index is 5.90. The van der Waals surface area contributed by atoms with Gasteiger partial charge in [0, 0.05) is 0 Å². The lowest BCUT2D eigenvalue weighted by molar-refractivity contribution is 0.870. The molecule has 0 atom stereocenters. The minimum Gasteiger partial charge on any atom is -0.383 e. The Hall–Kier alpha value is -0.650. The van der Waals surface area contributed by atoms with Gasteiger partial charge in [-0.15, -0.1) is 11.3 Å². The molecule has 0 saturated carbocycles. The maximum Gasteiger partial charge on any atom is 0.171 e. The number of hydrogen-bond donors (Lipinski definition) is 1. The number of nitrogen functional groups attached to an aromatic ring is 1. The summed E-state index contributed by atoms with van der Waals surface area (Å²) in [6.07, 6.45) is 1.89.